The molecule has 1 unspecified atom stereocenters. The zero-order valence-electron chi connectivity index (χ0n) is 22.1. The van der Waals surface area contributed by atoms with Gasteiger partial charge in [0.1, 0.15) is 6.61 Å². The number of nitrogens with zero attached hydrogens (tertiary/aromatic N) is 3. The molecule has 2 heterocycles. The van der Waals surface area contributed by atoms with Gasteiger partial charge in [-0.2, -0.15) is 18.3 Å². The Balaban J connectivity index is 1.19. The molecule has 6 rings (SSSR count). The minimum absolute atomic E-state index is 0.00300. The molecule has 1 N–H and O–H groups in total. The van der Waals surface area contributed by atoms with Gasteiger partial charge in [0.15, 0.2) is 11.7 Å². The van der Waals surface area contributed by atoms with Gasteiger partial charge in [-0.25, -0.2) is 9.59 Å². The van der Waals surface area contributed by atoms with Gasteiger partial charge in [0.25, 0.3) is 11.8 Å². The van der Waals surface area contributed by atoms with Crippen molar-refractivity contribution < 1.29 is 41.9 Å². The van der Waals surface area contributed by atoms with Crippen LogP contribution in [0.25, 0.3) is 11.1 Å². The molecule has 218 valence electrons. The summed E-state index contributed by atoms with van der Waals surface area (Å²) in [6.07, 6.45) is -4.86. The summed E-state index contributed by atoms with van der Waals surface area (Å²) in [5, 5.41) is 5.93. The Bertz CT molecular complexity index is 1690. The SMILES string of the molecule is O=C(NC(Cn1ccc(C(F)(F)F)n1)C(=O)ON1C(=O)c2ccccc2C1=O)OCC1c2ccccc2-c2ccccc21. The third kappa shape index (κ3) is 5.20. The molecule has 1 aromatic heterocycles. The number of amides is 3. The second kappa shape index (κ2) is 10.7. The van der Waals surface area contributed by atoms with Gasteiger partial charge in [-0.3, -0.25) is 14.3 Å². The van der Waals surface area contributed by atoms with E-state index >= 15 is 0 Å². The second-order valence-electron chi connectivity index (χ2n) is 9.80. The predicted octanol–water partition coefficient (Wildman–Crippen LogP) is 4.56. The highest BCUT2D eigenvalue weighted by Crippen LogP contribution is 2.44. The van der Waals surface area contributed by atoms with Crippen molar-refractivity contribution >= 4 is 23.9 Å². The molecule has 2 aliphatic rings. The van der Waals surface area contributed by atoms with Crippen LogP contribution in [0.5, 0.6) is 0 Å². The van der Waals surface area contributed by atoms with Gasteiger partial charge >= 0.3 is 18.2 Å². The Hall–Kier alpha value is -5.46. The summed E-state index contributed by atoms with van der Waals surface area (Å²) >= 11 is 0. The van der Waals surface area contributed by atoms with Crippen LogP contribution in [0.1, 0.15) is 43.5 Å². The number of alkyl halides is 3. The quantitative estimate of drug-likeness (QED) is 0.314. The lowest BCUT2D eigenvalue weighted by Gasteiger charge is -2.21. The lowest BCUT2D eigenvalue weighted by Crippen LogP contribution is -2.48. The van der Waals surface area contributed by atoms with Crippen molar-refractivity contribution in [2.45, 2.75) is 24.7 Å². The number of rotatable bonds is 7. The van der Waals surface area contributed by atoms with Crippen LogP contribution in [0.2, 0.25) is 0 Å². The fourth-order valence-electron chi connectivity index (χ4n) is 5.17. The first kappa shape index (κ1) is 27.7. The average molecular weight is 591 g/mol. The number of aromatic nitrogens is 2. The molecule has 43 heavy (non-hydrogen) atoms. The Kier molecular flexibility index (Phi) is 6.92. The fraction of sp³-hybridized carbons (Fsp3) is 0.167. The number of hydrogen-bond acceptors (Lipinski definition) is 7. The highest BCUT2D eigenvalue weighted by Gasteiger charge is 2.41. The first-order valence-electron chi connectivity index (χ1n) is 13.0. The number of hydroxylamine groups is 2. The average Bonchev–Trinajstić information content (AvgIpc) is 3.66. The smallest absolute Gasteiger partial charge is 0.435 e. The number of imide groups is 1. The van der Waals surface area contributed by atoms with Crippen LogP contribution in [0.3, 0.4) is 0 Å². The van der Waals surface area contributed by atoms with E-state index in [2.05, 4.69) is 10.4 Å². The number of carbonyl (C=O) groups is 4. The molecule has 1 atom stereocenters. The number of carbonyl (C=O) groups excluding carboxylic acids is 4. The van der Waals surface area contributed by atoms with Gasteiger partial charge in [0.05, 0.1) is 17.7 Å². The van der Waals surface area contributed by atoms with Crippen LogP contribution in [0, 0.1) is 0 Å². The monoisotopic (exact) mass is 590 g/mol. The second-order valence-corrected chi connectivity index (χ2v) is 9.80. The van der Waals surface area contributed by atoms with Gasteiger partial charge in [0, 0.05) is 12.1 Å². The van der Waals surface area contributed by atoms with E-state index in [1.165, 1.54) is 24.3 Å². The van der Waals surface area contributed by atoms with Crippen LogP contribution in [-0.4, -0.2) is 51.4 Å². The van der Waals surface area contributed by atoms with Crippen LogP contribution in [0.15, 0.2) is 85.1 Å². The molecular weight excluding hydrogens is 569 g/mol. The van der Waals surface area contributed by atoms with E-state index < -0.39 is 48.3 Å². The Morgan fingerprint density at radius 2 is 1.37 bits per heavy atom. The van der Waals surface area contributed by atoms with Crippen LogP contribution < -0.4 is 5.32 Å². The number of halogens is 3. The number of alkyl carbamates (subject to hydrolysis) is 1. The number of ether oxygens (including phenoxy) is 1. The molecule has 1 aliphatic heterocycles. The summed E-state index contributed by atoms with van der Waals surface area (Å²) in [5.41, 5.74) is 2.65. The van der Waals surface area contributed by atoms with Crippen LogP contribution >= 0.6 is 0 Å². The van der Waals surface area contributed by atoms with Crippen molar-refractivity contribution in [1.82, 2.24) is 20.2 Å². The maximum absolute atomic E-state index is 13.2. The number of benzene rings is 3. The fourth-order valence-corrected chi connectivity index (χ4v) is 5.17. The van der Waals surface area contributed by atoms with Crippen molar-refractivity contribution in [2.24, 2.45) is 0 Å². The maximum atomic E-state index is 13.2. The molecule has 3 aromatic carbocycles. The molecule has 3 amide bonds. The first-order valence-corrected chi connectivity index (χ1v) is 13.0. The van der Waals surface area contributed by atoms with E-state index in [4.69, 9.17) is 9.57 Å². The maximum Gasteiger partial charge on any atom is 0.435 e. The van der Waals surface area contributed by atoms with Gasteiger partial charge in [0.2, 0.25) is 0 Å². The predicted molar refractivity (Wildman–Crippen MR) is 142 cm³/mol. The number of fused-ring (bicyclic) bond motifs is 4. The van der Waals surface area contributed by atoms with Crippen molar-refractivity contribution in [3.8, 4) is 11.1 Å². The molecule has 0 saturated heterocycles. The van der Waals surface area contributed by atoms with E-state index in [1.54, 1.807) is 0 Å². The van der Waals surface area contributed by atoms with E-state index in [1.807, 2.05) is 48.5 Å². The third-order valence-corrected chi connectivity index (χ3v) is 7.16. The van der Waals surface area contributed by atoms with E-state index in [0.717, 1.165) is 33.1 Å². The Morgan fingerprint density at radius 1 is 0.837 bits per heavy atom. The highest BCUT2D eigenvalue weighted by atomic mass is 19.4. The first-order chi connectivity index (χ1) is 20.6. The minimum Gasteiger partial charge on any atom is -0.449 e. The molecule has 13 heteroatoms. The molecule has 0 spiro atoms. The van der Waals surface area contributed by atoms with Crippen molar-refractivity contribution in [3.63, 3.8) is 0 Å². The summed E-state index contributed by atoms with van der Waals surface area (Å²) in [5.74, 6) is -3.42. The lowest BCUT2D eigenvalue weighted by molar-refractivity contribution is -0.171. The van der Waals surface area contributed by atoms with Crippen LogP contribution in [-0.2, 0) is 27.1 Å². The van der Waals surface area contributed by atoms with Crippen LogP contribution in [0.4, 0.5) is 18.0 Å². The van der Waals surface area contributed by atoms with Crippen molar-refractivity contribution in [1.29, 1.82) is 0 Å². The largest absolute Gasteiger partial charge is 0.449 e. The Morgan fingerprint density at radius 3 is 1.91 bits per heavy atom. The summed E-state index contributed by atoms with van der Waals surface area (Å²) in [4.78, 5) is 56.5. The van der Waals surface area contributed by atoms with Gasteiger partial charge in [-0.05, 0) is 40.5 Å². The zero-order valence-corrected chi connectivity index (χ0v) is 22.1. The van der Waals surface area contributed by atoms with E-state index in [9.17, 15) is 32.3 Å². The third-order valence-electron chi connectivity index (χ3n) is 7.16. The number of hydrogen-bond donors (Lipinski definition) is 1. The molecule has 0 radical (unpaired) electrons. The Labute approximate surface area is 241 Å². The van der Waals surface area contributed by atoms with Gasteiger partial charge in [-0.15, -0.1) is 0 Å². The zero-order chi connectivity index (χ0) is 30.3. The van der Waals surface area contributed by atoms with E-state index in [0.29, 0.717) is 6.07 Å². The van der Waals surface area contributed by atoms with Crippen molar-refractivity contribution in [3.05, 3.63) is 113 Å². The molecule has 10 nitrogen and oxygen atoms in total. The standard InChI is InChI=1S/C30H21F3N4O6/c31-30(32,33)25-13-14-36(35-25)15-24(28(40)43-37-26(38)21-11-5-6-12-22(21)27(37)39)34-29(41)42-16-23-19-9-3-1-7-17(19)18-8-2-4-10-20(18)23/h1-14,23-24H,15-16H2,(H,34,41). The normalized spacial score (nSPS) is 14.6. The van der Waals surface area contributed by atoms with Gasteiger partial charge < -0.3 is 14.9 Å². The highest BCUT2D eigenvalue weighted by molar-refractivity contribution is 6.21. The molecule has 1 aliphatic carbocycles. The molecule has 0 bridgehead atoms. The molecule has 4 aromatic rings. The topological polar surface area (TPSA) is 120 Å². The lowest BCUT2D eigenvalue weighted by atomic mass is 9.98. The van der Waals surface area contributed by atoms with E-state index in [-0.39, 0.29) is 28.7 Å². The molecule has 0 fully saturated rings. The summed E-state index contributed by atoms with van der Waals surface area (Å²) in [6, 6.07) is 20.1. The number of nitrogens with one attached hydrogen (secondary N) is 1. The van der Waals surface area contributed by atoms with Crippen molar-refractivity contribution in [2.75, 3.05) is 6.61 Å². The summed E-state index contributed by atoms with van der Waals surface area (Å²) in [7, 11) is 0. The minimum atomic E-state index is -4.75. The summed E-state index contributed by atoms with van der Waals surface area (Å²) < 4.78 is 45.6. The molecule has 0 saturated carbocycles. The molecular formula is C30H21F3N4O6. The summed E-state index contributed by atoms with van der Waals surface area (Å²) in [6.45, 7) is -0.734. The van der Waals surface area contributed by atoms with Gasteiger partial charge in [-0.1, -0.05) is 65.7 Å².